The number of Topliss-reactive ketones (excluding diaryl/α,β-unsaturated/α-hetero) is 1. The standard InChI is InChI=1S/C11H12O2S/c12-8-1-4-10(5-2-8)14-11-6-3-9(13)7-11/h1-2,4-5,11-12H,3,6-7H2. The molecule has 14 heavy (non-hydrogen) atoms. The lowest BCUT2D eigenvalue weighted by molar-refractivity contribution is -0.117. The zero-order valence-corrected chi connectivity index (χ0v) is 8.59. The van der Waals surface area contributed by atoms with Crippen molar-refractivity contribution in [3.05, 3.63) is 24.3 Å². The van der Waals surface area contributed by atoms with Gasteiger partial charge in [0.2, 0.25) is 0 Å². The first kappa shape index (κ1) is 9.59. The summed E-state index contributed by atoms with van der Waals surface area (Å²) < 4.78 is 0. The summed E-state index contributed by atoms with van der Waals surface area (Å²) in [4.78, 5) is 12.2. The zero-order chi connectivity index (χ0) is 9.97. The number of aromatic hydroxyl groups is 1. The Morgan fingerprint density at radius 1 is 1.29 bits per heavy atom. The first-order valence-electron chi connectivity index (χ1n) is 4.71. The van der Waals surface area contributed by atoms with E-state index in [9.17, 15) is 4.79 Å². The Bertz CT molecular complexity index is 332. The van der Waals surface area contributed by atoms with Gasteiger partial charge in [-0.15, -0.1) is 11.8 Å². The van der Waals surface area contributed by atoms with Gasteiger partial charge in [-0.1, -0.05) is 0 Å². The zero-order valence-electron chi connectivity index (χ0n) is 7.77. The molecule has 0 spiro atoms. The van der Waals surface area contributed by atoms with Crippen molar-refractivity contribution >= 4 is 17.5 Å². The average molecular weight is 208 g/mol. The van der Waals surface area contributed by atoms with Crippen molar-refractivity contribution in [1.29, 1.82) is 0 Å². The van der Waals surface area contributed by atoms with Crippen molar-refractivity contribution in [3.8, 4) is 5.75 Å². The molecular formula is C11H12O2S. The van der Waals surface area contributed by atoms with E-state index in [4.69, 9.17) is 5.11 Å². The molecule has 2 nitrogen and oxygen atoms in total. The number of benzene rings is 1. The lowest BCUT2D eigenvalue weighted by Gasteiger charge is -2.07. The number of thioether (sulfide) groups is 1. The largest absolute Gasteiger partial charge is 0.508 e. The summed E-state index contributed by atoms with van der Waals surface area (Å²) in [6.45, 7) is 0. The summed E-state index contributed by atoms with van der Waals surface area (Å²) in [5.41, 5.74) is 0. The monoisotopic (exact) mass is 208 g/mol. The highest BCUT2D eigenvalue weighted by Gasteiger charge is 2.22. The minimum absolute atomic E-state index is 0.289. The average Bonchev–Trinajstić information content (AvgIpc) is 2.56. The number of carbonyl (C=O) groups excluding carboxylic acids is 1. The molecule has 1 N–H and O–H groups in total. The molecule has 1 fully saturated rings. The van der Waals surface area contributed by atoms with E-state index in [-0.39, 0.29) is 5.75 Å². The smallest absolute Gasteiger partial charge is 0.134 e. The van der Waals surface area contributed by atoms with Crippen LogP contribution in [0, 0.1) is 0 Å². The van der Waals surface area contributed by atoms with Crippen LogP contribution in [-0.4, -0.2) is 16.1 Å². The Hall–Kier alpha value is -0.960. The molecule has 1 saturated carbocycles. The molecule has 1 atom stereocenters. The highest BCUT2D eigenvalue weighted by Crippen LogP contribution is 2.33. The number of hydrogen-bond acceptors (Lipinski definition) is 3. The lowest BCUT2D eigenvalue weighted by Crippen LogP contribution is -1.95. The van der Waals surface area contributed by atoms with Crippen LogP contribution in [0.2, 0.25) is 0 Å². The summed E-state index contributed by atoms with van der Waals surface area (Å²) in [6.07, 6.45) is 2.42. The number of rotatable bonds is 2. The quantitative estimate of drug-likeness (QED) is 0.811. The molecule has 1 aliphatic rings. The molecule has 1 unspecified atom stereocenters. The fraction of sp³-hybridized carbons (Fsp3) is 0.364. The van der Waals surface area contributed by atoms with Crippen molar-refractivity contribution in [2.24, 2.45) is 0 Å². The summed E-state index contributed by atoms with van der Waals surface area (Å²) in [7, 11) is 0. The maximum absolute atomic E-state index is 11.0. The Kier molecular flexibility index (Phi) is 2.77. The molecule has 2 rings (SSSR count). The van der Waals surface area contributed by atoms with Gasteiger partial charge in [-0.25, -0.2) is 0 Å². The third-order valence-corrected chi connectivity index (χ3v) is 3.62. The van der Waals surface area contributed by atoms with Gasteiger partial charge in [0.1, 0.15) is 11.5 Å². The van der Waals surface area contributed by atoms with E-state index in [1.165, 1.54) is 0 Å². The van der Waals surface area contributed by atoms with Gasteiger partial charge < -0.3 is 5.11 Å². The van der Waals surface area contributed by atoms with E-state index in [2.05, 4.69) is 0 Å². The Labute approximate surface area is 87.3 Å². The number of ketones is 1. The molecule has 1 aromatic rings. The van der Waals surface area contributed by atoms with Gasteiger partial charge in [0.25, 0.3) is 0 Å². The molecule has 0 saturated heterocycles. The lowest BCUT2D eigenvalue weighted by atomic mass is 10.3. The van der Waals surface area contributed by atoms with Crippen LogP contribution in [0.15, 0.2) is 29.2 Å². The van der Waals surface area contributed by atoms with Crippen LogP contribution in [-0.2, 0) is 4.79 Å². The van der Waals surface area contributed by atoms with Crippen molar-refractivity contribution in [2.75, 3.05) is 0 Å². The molecule has 0 amide bonds. The Morgan fingerprint density at radius 3 is 2.57 bits per heavy atom. The predicted octanol–water partition coefficient (Wildman–Crippen LogP) is 2.61. The van der Waals surface area contributed by atoms with Crippen LogP contribution in [0.25, 0.3) is 0 Å². The second-order valence-electron chi connectivity index (χ2n) is 3.52. The number of carbonyl (C=O) groups is 1. The summed E-state index contributed by atoms with van der Waals surface area (Å²) >= 11 is 1.73. The third-order valence-electron chi connectivity index (χ3n) is 2.34. The molecule has 0 bridgehead atoms. The number of phenols is 1. The van der Waals surface area contributed by atoms with Crippen molar-refractivity contribution in [2.45, 2.75) is 29.4 Å². The van der Waals surface area contributed by atoms with Gasteiger partial charge in [-0.2, -0.15) is 0 Å². The van der Waals surface area contributed by atoms with Crippen LogP contribution in [0.4, 0.5) is 0 Å². The highest BCUT2D eigenvalue weighted by atomic mass is 32.2. The van der Waals surface area contributed by atoms with Crippen molar-refractivity contribution < 1.29 is 9.90 Å². The maximum atomic E-state index is 11.0. The molecule has 0 aromatic heterocycles. The summed E-state index contributed by atoms with van der Waals surface area (Å²) in [5.74, 6) is 0.665. The first-order valence-corrected chi connectivity index (χ1v) is 5.59. The van der Waals surface area contributed by atoms with E-state index < -0.39 is 0 Å². The molecule has 1 aliphatic carbocycles. The van der Waals surface area contributed by atoms with Crippen LogP contribution in [0.1, 0.15) is 19.3 Å². The Morgan fingerprint density at radius 2 is 2.00 bits per heavy atom. The molecule has 0 radical (unpaired) electrons. The predicted molar refractivity (Wildman–Crippen MR) is 56.6 cm³/mol. The first-order chi connectivity index (χ1) is 6.74. The van der Waals surface area contributed by atoms with Gasteiger partial charge in [-0.3, -0.25) is 4.79 Å². The van der Waals surface area contributed by atoms with Gasteiger partial charge in [0.15, 0.2) is 0 Å². The fourth-order valence-electron chi connectivity index (χ4n) is 1.60. The molecule has 3 heteroatoms. The third kappa shape index (κ3) is 2.29. The van der Waals surface area contributed by atoms with Crippen LogP contribution in [0.3, 0.4) is 0 Å². The van der Waals surface area contributed by atoms with Gasteiger partial charge in [0, 0.05) is 23.0 Å². The topological polar surface area (TPSA) is 37.3 Å². The fourth-order valence-corrected chi connectivity index (χ4v) is 2.78. The van der Waals surface area contributed by atoms with Gasteiger partial charge >= 0.3 is 0 Å². The van der Waals surface area contributed by atoms with E-state index in [1.54, 1.807) is 23.9 Å². The van der Waals surface area contributed by atoms with Gasteiger partial charge in [0.05, 0.1) is 0 Å². The minimum Gasteiger partial charge on any atom is -0.508 e. The molecule has 0 aliphatic heterocycles. The van der Waals surface area contributed by atoms with E-state index in [1.807, 2.05) is 12.1 Å². The van der Waals surface area contributed by atoms with Crippen LogP contribution in [0.5, 0.6) is 5.75 Å². The second-order valence-corrected chi connectivity index (χ2v) is 4.89. The minimum atomic E-state index is 0.289. The molecule has 1 aromatic carbocycles. The van der Waals surface area contributed by atoms with Gasteiger partial charge in [-0.05, 0) is 30.7 Å². The normalized spacial score (nSPS) is 21.4. The molecule has 0 heterocycles. The van der Waals surface area contributed by atoms with Crippen LogP contribution >= 0.6 is 11.8 Å². The second kappa shape index (κ2) is 4.05. The van der Waals surface area contributed by atoms with E-state index >= 15 is 0 Å². The summed E-state index contributed by atoms with van der Waals surface area (Å²) in [6, 6.07) is 7.14. The SMILES string of the molecule is O=C1CCC(Sc2ccc(O)cc2)C1. The van der Waals surface area contributed by atoms with Crippen LogP contribution < -0.4 is 0 Å². The summed E-state index contributed by atoms with van der Waals surface area (Å²) in [5, 5.41) is 9.53. The number of hydrogen-bond donors (Lipinski definition) is 1. The van der Waals surface area contributed by atoms with Crippen molar-refractivity contribution in [3.63, 3.8) is 0 Å². The highest BCUT2D eigenvalue weighted by molar-refractivity contribution is 8.00. The van der Waals surface area contributed by atoms with Crippen molar-refractivity contribution in [1.82, 2.24) is 0 Å². The van der Waals surface area contributed by atoms with E-state index in [0.29, 0.717) is 17.5 Å². The molecular weight excluding hydrogens is 196 g/mol. The number of phenolic OH excluding ortho intramolecular Hbond substituents is 1. The molecule has 74 valence electrons. The Balaban J connectivity index is 1.97. The maximum Gasteiger partial charge on any atom is 0.134 e. The van der Waals surface area contributed by atoms with E-state index in [0.717, 1.165) is 17.7 Å².